The van der Waals surface area contributed by atoms with Crippen LogP contribution in [0.5, 0.6) is 0 Å². The first-order valence-electron chi connectivity index (χ1n) is 6.46. The van der Waals surface area contributed by atoms with Gasteiger partial charge in [-0.2, -0.15) is 0 Å². The fourth-order valence-electron chi connectivity index (χ4n) is 4.94. The van der Waals surface area contributed by atoms with Crippen LogP contribution in [0.15, 0.2) is 0 Å². The Kier molecular flexibility index (Phi) is 2.29. The number of methoxy groups -OCH3 is 1. The van der Waals surface area contributed by atoms with Gasteiger partial charge in [0, 0.05) is 0 Å². The molecule has 2 N–H and O–H groups in total. The quantitative estimate of drug-likeness (QED) is 0.725. The lowest BCUT2D eigenvalue weighted by Gasteiger charge is -2.58. The van der Waals surface area contributed by atoms with Crippen LogP contribution in [0, 0.1) is 23.2 Å². The van der Waals surface area contributed by atoms with Crippen LogP contribution in [0.25, 0.3) is 0 Å². The molecule has 0 heterocycles. The zero-order valence-corrected chi connectivity index (χ0v) is 9.95. The van der Waals surface area contributed by atoms with Gasteiger partial charge in [-0.25, -0.2) is 0 Å². The molecule has 3 heteroatoms. The van der Waals surface area contributed by atoms with Crippen LogP contribution in [-0.4, -0.2) is 19.1 Å². The fourth-order valence-corrected chi connectivity index (χ4v) is 4.94. The van der Waals surface area contributed by atoms with Crippen molar-refractivity contribution < 1.29 is 9.53 Å². The Balaban J connectivity index is 1.85. The zero-order valence-electron chi connectivity index (χ0n) is 9.95. The van der Waals surface area contributed by atoms with Gasteiger partial charge in [-0.05, 0) is 61.7 Å². The Morgan fingerprint density at radius 1 is 1.19 bits per heavy atom. The lowest BCUT2D eigenvalue weighted by atomic mass is 9.48. The number of ether oxygens (including phenoxy) is 1. The molecule has 0 unspecified atom stereocenters. The summed E-state index contributed by atoms with van der Waals surface area (Å²) >= 11 is 0. The molecule has 4 aliphatic rings. The van der Waals surface area contributed by atoms with Crippen molar-refractivity contribution in [3.05, 3.63) is 0 Å². The van der Waals surface area contributed by atoms with Gasteiger partial charge >= 0.3 is 5.97 Å². The second-order valence-corrected chi connectivity index (χ2v) is 6.28. The number of esters is 1. The van der Waals surface area contributed by atoms with Crippen molar-refractivity contribution in [1.82, 2.24) is 0 Å². The maximum absolute atomic E-state index is 11.7. The third-order valence-corrected chi connectivity index (χ3v) is 5.20. The first kappa shape index (κ1) is 10.6. The van der Waals surface area contributed by atoms with Crippen molar-refractivity contribution >= 4 is 5.97 Å². The minimum atomic E-state index is -0.383. The van der Waals surface area contributed by atoms with Crippen LogP contribution in [-0.2, 0) is 9.53 Å². The van der Waals surface area contributed by atoms with Crippen LogP contribution < -0.4 is 5.73 Å². The van der Waals surface area contributed by atoms with E-state index < -0.39 is 0 Å². The van der Waals surface area contributed by atoms with Gasteiger partial charge in [-0.3, -0.25) is 4.79 Å². The summed E-state index contributed by atoms with van der Waals surface area (Å²) in [5.41, 5.74) is 6.24. The van der Waals surface area contributed by atoms with Crippen molar-refractivity contribution in [3.8, 4) is 0 Å². The predicted molar refractivity (Wildman–Crippen MR) is 60.6 cm³/mol. The van der Waals surface area contributed by atoms with Crippen molar-refractivity contribution in [2.24, 2.45) is 28.9 Å². The number of rotatable bonds is 2. The molecule has 16 heavy (non-hydrogen) atoms. The summed E-state index contributed by atoms with van der Waals surface area (Å²) in [5.74, 6) is 2.30. The summed E-state index contributed by atoms with van der Waals surface area (Å²) < 4.78 is 4.84. The highest BCUT2D eigenvalue weighted by Crippen LogP contribution is 2.61. The molecule has 0 amide bonds. The number of carbonyl (C=O) groups is 1. The molecule has 3 nitrogen and oxygen atoms in total. The van der Waals surface area contributed by atoms with E-state index in [0.29, 0.717) is 0 Å². The van der Waals surface area contributed by atoms with E-state index in [2.05, 4.69) is 0 Å². The van der Waals surface area contributed by atoms with E-state index in [9.17, 15) is 4.79 Å². The van der Waals surface area contributed by atoms with Crippen LogP contribution in [0.1, 0.15) is 38.5 Å². The maximum atomic E-state index is 11.7. The van der Waals surface area contributed by atoms with E-state index in [1.807, 2.05) is 0 Å². The van der Waals surface area contributed by atoms with Gasteiger partial charge in [0.1, 0.15) is 6.04 Å². The van der Waals surface area contributed by atoms with Gasteiger partial charge in [-0.15, -0.1) is 0 Å². The van der Waals surface area contributed by atoms with Crippen LogP contribution in [0.2, 0.25) is 0 Å². The average Bonchev–Trinajstić information content (AvgIpc) is 2.25. The van der Waals surface area contributed by atoms with Gasteiger partial charge in [0.15, 0.2) is 0 Å². The predicted octanol–water partition coefficient (Wildman–Crippen LogP) is 1.70. The highest BCUT2D eigenvalue weighted by Gasteiger charge is 2.55. The maximum Gasteiger partial charge on any atom is 0.323 e. The van der Waals surface area contributed by atoms with E-state index in [1.54, 1.807) is 0 Å². The zero-order chi connectivity index (χ0) is 11.3. The van der Waals surface area contributed by atoms with Crippen LogP contribution in [0.4, 0.5) is 0 Å². The Morgan fingerprint density at radius 3 is 2.00 bits per heavy atom. The molecular formula is C13H21NO2. The largest absolute Gasteiger partial charge is 0.468 e. The molecule has 0 aromatic rings. The van der Waals surface area contributed by atoms with Crippen LogP contribution >= 0.6 is 0 Å². The van der Waals surface area contributed by atoms with Crippen molar-refractivity contribution in [2.45, 2.75) is 44.6 Å². The number of carbonyl (C=O) groups excluding carboxylic acids is 1. The van der Waals surface area contributed by atoms with E-state index in [-0.39, 0.29) is 17.4 Å². The topological polar surface area (TPSA) is 52.3 Å². The summed E-state index contributed by atoms with van der Waals surface area (Å²) in [4.78, 5) is 11.7. The van der Waals surface area contributed by atoms with Crippen molar-refractivity contribution in [3.63, 3.8) is 0 Å². The van der Waals surface area contributed by atoms with E-state index in [4.69, 9.17) is 10.5 Å². The first-order valence-corrected chi connectivity index (χ1v) is 6.46. The second kappa shape index (κ2) is 3.46. The highest BCUT2D eigenvalue weighted by atomic mass is 16.5. The Labute approximate surface area is 96.7 Å². The Bertz CT molecular complexity index is 278. The standard InChI is InChI=1S/C13H21NO2/c1-16-12(15)11(14)13-5-8-2-9(6-13)4-10(3-8)7-13/h8-11H,2-7,14H2,1H3/t8?,9?,10?,11-,13?/m0/s1. The van der Waals surface area contributed by atoms with E-state index >= 15 is 0 Å². The molecule has 0 saturated heterocycles. The SMILES string of the molecule is COC(=O)[C@H](N)C12CC3CC(CC(C3)C1)C2. The van der Waals surface area contributed by atoms with Gasteiger partial charge < -0.3 is 10.5 Å². The molecule has 90 valence electrons. The van der Waals surface area contributed by atoms with Crippen molar-refractivity contribution in [1.29, 1.82) is 0 Å². The number of hydrogen-bond donors (Lipinski definition) is 1. The molecule has 4 rings (SSSR count). The summed E-state index contributed by atoms with van der Waals surface area (Å²) in [7, 11) is 1.45. The summed E-state index contributed by atoms with van der Waals surface area (Å²) in [6, 6.07) is -0.383. The van der Waals surface area contributed by atoms with Gasteiger partial charge in [0.05, 0.1) is 7.11 Å². The molecule has 4 saturated carbocycles. The molecule has 0 spiro atoms. The summed E-state index contributed by atoms with van der Waals surface area (Å²) in [5, 5.41) is 0. The van der Waals surface area contributed by atoms with Gasteiger partial charge in [0.25, 0.3) is 0 Å². The second-order valence-electron chi connectivity index (χ2n) is 6.28. The normalized spacial score (nSPS) is 46.8. The number of hydrogen-bond acceptors (Lipinski definition) is 3. The molecule has 0 aliphatic heterocycles. The van der Waals surface area contributed by atoms with E-state index in [0.717, 1.165) is 37.0 Å². The van der Waals surface area contributed by atoms with Gasteiger partial charge in [0.2, 0.25) is 0 Å². The molecule has 0 aromatic carbocycles. The summed E-state index contributed by atoms with van der Waals surface area (Å²) in [6.07, 6.45) is 7.63. The Hall–Kier alpha value is -0.570. The first-order chi connectivity index (χ1) is 7.63. The molecule has 1 atom stereocenters. The van der Waals surface area contributed by atoms with Crippen LogP contribution in [0.3, 0.4) is 0 Å². The molecule has 0 radical (unpaired) electrons. The monoisotopic (exact) mass is 223 g/mol. The lowest BCUT2D eigenvalue weighted by molar-refractivity contribution is -0.152. The molecule has 4 aliphatic carbocycles. The smallest absolute Gasteiger partial charge is 0.323 e. The Morgan fingerprint density at radius 2 is 1.62 bits per heavy atom. The van der Waals surface area contributed by atoms with Crippen molar-refractivity contribution in [2.75, 3.05) is 7.11 Å². The third kappa shape index (κ3) is 1.41. The minimum absolute atomic E-state index is 0.0852. The van der Waals surface area contributed by atoms with Gasteiger partial charge in [-0.1, -0.05) is 0 Å². The average molecular weight is 223 g/mol. The van der Waals surface area contributed by atoms with E-state index in [1.165, 1.54) is 26.4 Å². The highest BCUT2D eigenvalue weighted by molar-refractivity contribution is 5.76. The number of nitrogens with two attached hydrogens (primary N) is 1. The minimum Gasteiger partial charge on any atom is -0.468 e. The summed E-state index contributed by atoms with van der Waals surface area (Å²) in [6.45, 7) is 0. The fraction of sp³-hybridized carbons (Fsp3) is 0.923. The third-order valence-electron chi connectivity index (χ3n) is 5.20. The molecule has 4 fully saturated rings. The lowest BCUT2D eigenvalue weighted by Crippen LogP contribution is -2.57. The molecular weight excluding hydrogens is 202 g/mol. The molecule has 0 aromatic heterocycles. The molecule has 4 bridgehead atoms.